The van der Waals surface area contributed by atoms with E-state index in [0.29, 0.717) is 4.32 Å². The molecule has 0 aliphatic carbocycles. The molecule has 0 saturated heterocycles. The second kappa shape index (κ2) is 5.46. The van der Waals surface area contributed by atoms with Gasteiger partial charge in [-0.1, -0.05) is 24.0 Å². The summed E-state index contributed by atoms with van der Waals surface area (Å²) in [5.74, 6) is -0.882. The first-order chi connectivity index (χ1) is 7.84. The van der Waals surface area contributed by atoms with Crippen LogP contribution in [0.2, 0.25) is 0 Å². The molecule has 17 heavy (non-hydrogen) atoms. The van der Waals surface area contributed by atoms with E-state index in [9.17, 15) is 4.79 Å². The average Bonchev–Trinajstić information content (AvgIpc) is 2.28. The molecule has 0 radical (unpaired) electrons. The van der Waals surface area contributed by atoms with Crippen LogP contribution in [0.4, 0.5) is 5.69 Å². The lowest BCUT2D eigenvalue weighted by Crippen LogP contribution is -2.33. The minimum absolute atomic E-state index is 0.517. The maximum Gasteiger partial charge on any atom is 0.319 e. The molecule has 0 bridgehead atoms. The Morgan fingerprint density at radius 1 is 1.47 bits per heavy atom. The van der Waals surface area contributed by atoms with Crippen molar-refractivity contribution in [2.24, 2.45) is 0 Å². The number of carboxylic acids is 1. The molecule has 0 saturated carbocycles. The molecule has 92 valence electrons. The molecular weight excluding hydrogens is 256 g/mol. The van der Waals surface area contributed by atoms with Gasteiger partial charge in [-0.15, -0.1) is 0 Å². The van der Waals surface area contributed by atoms with Gasteiger partial charge in [-0.05, 0) is 26.0 Å². The summed E-state index contributed by atoms with van der Waals surface area (Å²) >= 11 is 6.38. The summed E-state index contributed by atoms with van der Waals surface area (Å²) < 4.78 is -0.415. The lowest BCUT2D eigenvalue weighted by Gasteiger charge is -2.25. The first-order valence-electron chi connectivity index (χ1n) is 4.94. The zero-order valence-corrected chi connectivity index (χ0v) is 11.5. The highest BCUT2D eigenvalue weighted by Gasteiger charge is 2.30. The van der Waals surface area contributed by atoms with E-state index in [-0.39, 0.29) is 0 Å². The van der Waals surface area contributed by atoms with Gasteiger partial charge < -0.3 is 10.0 Å². The summed E-state index contributed by atoms with van der Waals surface area (Å²) in [6.07, 6.45) is 3.34. The Labute approximate surface area is 110 Å². The van der Waals surface area contributed by atoms with Crippen LogP contribution in [0.25, 0.3) is 0 Å². The fraction of sp³-hybridized carbons (Fsp3) is 0.364. The number of pyridine rings is 1. The third kappa shape index (κ3) is 3.67. The molecule has 6 heteroatoms. The molecule has 1 heterocycles. The zero-order chi connectivity index (χ0) is 13.1. The Morgan fingerprint density at radius 2 is 2.00 bits per heavy atom. The number of rotatable bonds is 3. The van der Waals surface area contributed by atoms with Crippen molar-refractivity contribution in [3.05, 3.63) is 24.5 Å². The Hall–Kier alpha value is -1.14. The lowest BCUT2D eigenvalue weighted by atomic mass is 10.2. The Kier molecular flexibility index (Phi) is 4.47. The minimum atomic E-state index is -0.932. The fourth-order valence-corrected chi connectivity index (χ4v) is 2.50. The molecule has 0 aliphatic heterocycles. The van der Waals surface area contributed by atoms with Crippen LogP contribution >= 0.6 is 24.0 Å². The number of thiocarbonyl (C=S) groups is 1. The minimum Gasteiger partial charge on any atom is -0.480 e. The summed E-state index contributed by atoms with van der Waals surface area (Å²) in [6.45, 7) is 3.26. The van der Waals surface area contributed by atoms with E-state index in [2.05, 4.69) is 4.98 Å². The average molecular weight is 270 g/mol. The number of carbonyl (C=O) groups is 1. The third-order valence-electron chi connectivity index (χ3n) is 2.18. The zero-order valence-electron chi connectivity index (χ0n) is 9.88. The van der Waals surface area contributed by atoms with Gasteiger partial charge in [-0.25, -0.2) is 0 Å². The normalized spacial score (nSPS) is 11.0. The SMILES string of the molecule is CN(C(=S)SC(C)(C)C(=O)O)c1ccncc1. The molecule has 1 rings (SSSR count). The number of aliphatic carboxylic acids is 1. The second-order valence-electron chi connectivity index (χ2n) is 3.95. The largest absolute Gasteiger partial charge is 0.480 e. The number of hydrogen-bond acceptors (Lipinski definition) is 4. The monoisotopic (exact) mass is 270 g/mol. The standard InChI is InChI=1S/C11H14N2O2S2/c1-11(2,9(14)15)17-10(16)13(3)8-4-6-12-7-5-8/h4-7H,1-3H3,(H,14,15). The van der Waals surface area contributed by atoms with Crippen molar-refractivity contribution in [1.82, 2.24) is 4.98 Å². The summed E-state index contributed by atoms with van der Waals surface area (Å²) in [5, 5.41) is 9.03. The van der Waals surface area contributed by atoms with Crippen LogP contribution < -0.4 is 4.90 Å². The van der Waals surface area contributed by atoms with Crippen molar-refractivity contribution in [2.45, 2.75) is 18.6 Å². The van der Waals surface area contributed by atoms with Gasteiger partial charge in [-0.3, -0.25) is 9.78 Å². The number of hydrogen-bond donors (Lipinski definition) is 1. The van der Waals surface area contributed by atoms with Crippen molar-refractivity contribution in [1.29, 1.82) is 0 Å². The Bertz CT molecular complexity index is 421. The van der Waals surface area contributed by atoms with Gasteiger partial charge in [0.25, 0.3) is 0 Å². The van der Waals surface area contributed by atoms with Gasteiger partial charge in [0, 0.05) is 25.1 Å². The molecule has 0 unspecified atom stereocenters. The van der Waals surface area contributed by atoms with Crippen LogP contribution in [-0.4, -0.2) is 32.2 Å². The lowest BCUT2D eigenvalue weighted by molar-refractivity contribution is -0.138. The van der Waals surface area contributed by atoms with E-state index in [1.807, 2.05) is 19.2 Å². The van der Waals surface area contributed by atoms with Crippen molar-refractivity contribution < 1.29 is 9.90 Å². The summed E-state index contributed by atoms with van der Waals surface area (Å²) in [6, 6.07) is 3.64. The molecule has 4 nitrogen and oxygen atoms in total. The summed E-state index contributed by atoms with van der Waals surface area (Å²) in [5.41, 5.74) is 0.888. The molecule has 1 N–H and O–H groups in total. The van der Waals surface area contributed by atoms with E-state index in [1.54, 1.807) is 31.1 Å². The van der Waals surface area contributed by atoms with E-state index >= 15 is 0 Å². The molecule has 0 aromatic carbocycles. The maximum atomic E-state index is 11.0. The predicted molar refractivity (Wildman–Crippen MR) is 74.5 cm³/mol. The number of aromatic nitrogens is 1. The van der Waals surface area contributed by atoms with Crippen LogP contribution in [0.5, 0.6) is 0 Å². The van der Waals surface area contributed by atoms with Gasteiger partial charge in [0.15, 0.2) is 0 Å². The molecule has 1 aromatic rings. The maximum absolute atomic E-state index is 11.0. The van der Waals surface area contributed by atoms with E-state index in [1.165, 1.54) is 0 Å². The smallest absolute Gasteiger partial charge is 0.319 e. The van der Waals surface area contributed by atoms with E-state index in [0.717, 1.165) is 17.4 Å². The summed E-state index contributed by atoms with van der Waals surface area (Å²) in [7, 11) is 1.81. The molecule has 0 spiro atoms. The first kappa shape index (κ1) is 13.9. The molecule has 0 fully saturated rings. The second-order valence-corrected chi connectivity index (χ2v) is 6.20. The molecular formula is C11H14N2O2S2. The topological polar surface area (TPSA) is 53.4 Å². The quantitative estimate of drug-likeness (QED) is 0.851. The third-order valence-corrected chi connectivity index (χ3v) is 3.84. The van der Waals surface area contributed by atoms with Gasteiger partial charge in [-0.2, -0.15) is 0 Å². The van der Waals surface area contributed by atoms with Crippen LogP contribution in [0.15, 0.2) is 24.5 Å². The Morgan fingerprint density at radius 3 is 2.47 bits per heavy atom. The van der Waals surface area contributed by atoms with Gasteiger partial charge in [0.1, 0.15) is 9.07 Å². The fourth-order valence-electron chi connectivity index (χ4n) is 1.00. The van der Waals surface area contributed by atoms with Crippen molar-refractivity contribution in [3.63, 3.8) is 0 Å². The first-order valence-corrected chi connectivity index (χ1v) is 6.17. The van der Waals surface area contributed by atoms with Gasteiger partial charge in [0.05, 0.1) is 0 Å². The molecule has 0 atom stereocenters. The number of carboxylic acid groups (broad SMARTS) is 1. The van der Waals surface area contributed by atoms with Crippen LogP contribution in [0, 0.1) is 0 Å². The highest BCUT2D eigenvalue weighted by molar-refractivity contribution is 8.24. The van der Waals surface area contributed by atoms with Crippen LogP contribution in [0.3, 0.4) is 0 Å². The van der Waals surface area contributed by atoms with Crippen LogP contribution in [-0.2, 0) is 4.79 Å². The van der Waals surface area contributed by atoms with Gasteiger partial charge in [0.2, 0.25) is 0 Å². The number of nitrogens with zero attached hydrogens (tertiary/aromatic N) is 2. The summed E-state index contributed by atoms with van der Waals surface area (Å²) in [4.78, 5) is 16.7. The highest BCUT2D eigenvalue weighted by Crippen LogP contribution is 2.29. The Balaban J connectivity index is 2.75. The molecule has 0 aliphatic rings. The van der Waals surface area contributed by atoms with Crippen molar-refractivity contribution in [3.8, 4) is 0 Å². The van der Waals surface area contributed by atoms with Gasteiger partial charge >= 0.3 is 5.97 Å². The number of anilines is 1. The highest BCUT2D eigenvalue weighted by atomic mass is 32.2. The van der Waals surface area contributed by atoms with E-state index < -0.39 is 10.7 Å². The predicted octanol–water partition coefficient (Wildman–Crippen LogP) is 2.40. The molecule has 1 aromatic heterocycles. The molecule has 0 amide bonds. The van der Waals surface area contributed by atoms with Crippen LogP contribution in [0.1, 0.15) is 13.8 Å². The number of thioether (sulfide) groups is 1. The van der Waals surface area contributed by atoms with Crippen molar-refractivity contribution >= 4 is 40.0 Å². The van der Waals surface area contributed by atoms with Crippen molar-refractivity contribution in [2.75, 3.05) is 11.9 Å². The van der Waals surface area contributed by atoms with E-state index in [4.69, 9.17) is 17.3 Å².